The Morgan fingerprint density at radius 2 is 1.87 bits per heavy atom. The average Bonchev–Trinajstić information content (AvgIpc) is 2.70. The minimum absolute atomic E-state index is 0.154. The molecule has 0 radical (unpaired) electrons. The van der Waals surface area contributed by atoms with Gasteiger partial charge in [0.2, 0.25) is 0 Å². The Hall–Kier alpha value is -3.87. The van der Waals surface area contributed by atoms with E-state index in [1.54, 1.807) is 42.5 Å². The van der Waals surface area contributed by atoms with Crippen molar-refractivity contribution in [3.63, 3.8) is 0 Å². The average molecular weight is 406 g/mol. The number of carbonyl (C=O) groups is 3. The van der Waals surface area contributed by atoms with Crippen LogP contribution in [0.4, 0.5) is 10.5 Å². The maximum Gasteiger partial charge on any atom is 0.335 e. The van der Waals surface area contributed by atoms with Crippen molar-refractivity contribution in [1.29, 1.82) is 0 Å². The Labute approximate surface area is 174 Å². The SMILES string of the molecule is C=CCOc1ccc(/C=C2/C(=O)NC(=O)N(c3cccc(C)c3)C2=O)cc1OCC. The number of benzene rings is 2. The van der Waals surface area contributed by atoms with Crippen LogP contribution in [-0.4, -0.2) is 31.1 Å². The second kappa shape index (κ2) is 9.09. The molecule has 1 aliphatic rings. The molecule has 2 aromatic rings. The summed E-state index contributed by atoms with van der Waals surface area (Å²) in [5.74, 6) is -0.447. The summed E-state index contributed by atoms with van der Waals surface area (Å²) < 4.78 is 11.2. The van der Waals surface area contributed by atoms with Gasteiger partial charge in [-0.05, 0) is 55.3 Å². The van der Waals surface area contributed by atoms with Crippen molar-refractivity contribution in [3.8, 4) is 11.5 Å². The summed E-state index contributed by atoms with van der Waals surface area (Å²) >= 11 is 0. The Bertz CT molecular complexity index is 1040. The predicted octanol–water partition coefficient (Wildman–Crippen LogP) is 3.62. The van der Waals surface area contributed by atoms with Crippen LogP contribution in [0, 0.1) is 6.92 Å². The molecule has 30 heavy (non-hydrogen) atoms. The summed E-state index contributed by atoms with van der Waals surface area (Å²) in [6.45, 7) is 8.04. The molecule has 0 spiro atoms. The first kappa shape index (κ1) is 20.9. The number of anilines is 1. The summed E-state index contributed by atoms with van der Waals surface area (Å²) in [6, 6.07) is 11.2. The van der Waals surface area contributed by atoms with Crippen molar-refractivity contribution in [1.82, 2.24) is 5.32 Å². The molecule has 1 N–H and O–H groups in total. The second-order valence-electron chi connectivity index (χ2n) is 6.54. The van der Waals surface area contributed by atoms with E-state index in [-0.39, 0.29) is 5.57 Å². The van der Waals surface area contributed by atoms with Crippen LogP contribution >= 0.6 is 0 Å². The molecule has 2 aromatic carbocycles. The van der Waals surface area contributed by atoms with E-state index in [0.717, 1.165) is 10.5 Å². The highest BCUT2D eigenvalue weighted by atomic mass is 16.5. The quantitative estimate of drug-likeness (QED) is 0.431. The van der Waals surface area contributed by atoms with Crippen LogP contribution in [0.3, 0.4) is 0 Å². The molecule has 4 amide bonds. The van der Waals surface area contributed by atoms with Crippen molar-refractivity contribution in [2.45, 2.75) is 13.8 Å². The zero-order valence-electron chi connectivity index (χ0n) is 16.8. The fraction of sp³-hybridized carbons (Fsp3) is 0.174. The lowest BCUT2D eigenvalue weighted by atomic mass is 10.1. The van der Waals surface area contributed by atoms with E-state index < -0.39 is 17.8 Å². The van der Waals surface area contributed by atoms with E-state index in [1.165, 1.54) is 6.08 Å². The third-order valence-electron chi connectivity index (χ3n) is 4.30. The van der Waals surface area contributed by atoms with Gasteiger partial charge in [0.25, 0.3) is 11.8 Å². The maximum atomic E-state index is 13.0. The van der Waals surface area contributed by atoms with E-state index in [1.807, 2.05) is 19.9 Å². The first-order valence-corrected chi connectivity index (χ1v) is 9.43. The number of hydrogen-bond acceptors (Lipinski definition) is 5. The second-order valence-corrected chi connectivity index (χ2v) is 6.54. The number of hydrogen-bond donors (Lipinski definition) is 1. The van der Waals surface area contributed by atoms with Crippen LogP contribution < -0.4 is 19.7 Å². The number of urea groups is 1. The smallest absolute Gasteiger partial charge is 0.335 e. The number of imide groups is 2. The largest absolute Gasteiger partial charge is 0.490 e. The standard InChI is InChI=1S/C23H22N2O5/c1-4-11-30-19-10-9-16(14-20(19)29-5-2)13-18-21(26)24-23(28)25(22(18)27)17-8-6-7-15(3)12-17/h4,6-10,12-14H,1,5,11H2,2-3H3,(H,24,26,28)/b18-13-. The van der Waals surface area contributed by atoms with Gasteiger partial charge in [-0.2, -0.15) is 0 Å². The van der Waals surface area contributed by atoms with Crippen LogP contribution in [0.25, 0.3) is 6.08 Å². The first-order chi connectivity index (χ1) is 14.4. The number of carbonyl (C=O) groups excluding carboxylic acids is 3. The number of aryl methyl sites for hydroxylation is 1. The number of barbiturate groups is 1. The lowest BCUT2D eigenvalue weighted by Crippen LogP contribution is -2.54. The molecule has 1 saturated heterocycles. The molecule has 1 heterocycles. The predicted molar refractivity (Wildman–Crippen MR) is 113 cm³/mol. The summed E-state index contributed by atoms with van der Waals surface area (Å²) in [4.78, 5) is 38.6. The first-order valence-electron chi connectivity index (χ1n) is 9.43. The molecule has 154 valence electrons. The molecule has 1 fully saturated rings. The zero-order valence-corrected chi connectivity index (χ0v) is 16.8. The normalized spacial score (nSPS) is 15.2. The topological polar surface area (TPSA) is 84.9 Å². The third-order valence-corrected chi connectivity index (χ3v) is 4.30. The van der Waals surface area contributed by atoms with Crippen LogP contribution in [0.1, 0.15) is 18.1 Å². The van der Waals surface area contributed by atoms with Gasteiger partial charge in [-0.1, -0.05) is 30.9 Å². The van der Waals surface area contributed by atoms with Crippen LogP contribution in [0.5, 0.6) is 11.5 Å². The maximum absolute atomic E-state index is 13.0. The van der Waals surface area contributed by atoms with Crippen LogP contribution in [0.15, 0.2) is 60.7 Å². The molecular formula is C23H22N2O5. The molecule has 3 rings (SSSR count). The summed E-state index contributed by atoms with van der Waals surface area (Å²) in [5, 5.41) is 2.22. The van der Waals surface area contributed by atoms with Gasteiger partial charge in [0.05, 0.1) is 12.3 Å². The van der Waals surface area contributed by atoms with Crippen molar-refractivity contribution in [3.05, 3.63) is 71.8 Å². The molecule has 7 heteroatoms. The van der Waals surface area contributed by atoms with Crippen molar-refractivity contribution >= 4 is 29.6 Å². The fourth-order valence-electron chi connectivity index (χ4n) is 2.98. The molecule has 0 aromatic heterocycles. The fourth-order valence-corrected chi connectivity index (χ4v) is 2.98. The number of ether oxygens (including phenoxy) is 2. The number of amides is 4. The number of rotatable bonds is 7. The number of nitrogens with one attached hydrogen (secondary N) is 1. The summed E-state index contributed by atoms with van der Waals surface area (Å²) in [7, 11) is 0. The monoisotopic (exact) mass is 406 g/mol. The van der Waals surface area contributed by atoms with Crippen LogP contribution in [-0.2, 0) is 9.59 Å². The molecule has 0 bridgehead atoms. The van der Waals surface area contributed by atoms with Gasteiger partial charge >= 0.3 is 6.03 Å². The van der Waals surface area contributed by atoms with Crippen molar-refractivity contribution < 1.29 is 23.9 Å². The van der Waals surface area contributed by atoms with Gasteiger partial charge in [-0.3, -0.25) is 14.9 Å². The van der Waals surface area contributed by atoms with E-state index in [0.29, 0.717) is 36.0 Å². The van der Waals surface area contributed by atoms with Crippen molar-refractivity contribution in [2.75, 3.05) is 18.1 Å². The molecule has 0 saturated carbocycles. The van der Waals surface area contributed by atoms with Crippen molar-refractivity contribution in [2.24, 2.45) is 0 Å². The van der Waals surface area contributed by atoms with Gasteiger partial charge in [0.15, 0.2) is 11.5 Å². The lowest BCUT2D eigenvalue weighted by molar-refractivity contribution is -0.122. The molecule has 1 aliphatic heterocycles. The Kier molecular flexibility index (Phi) is 6.32. The van der Waals surface area contributed by atoms with E-state index in [9.17, 15) is 14.4 Å². The Morgan fingerprint density at radius 3 is 2.57 bits per heavy atom. The molecule has 0 atom stereocenters. The summed E-state index contributed by atoms with van der Waals surface area (Å²) in [5.41, 5.74) is 1.67. The molecular weight excluding hydrogens is 384 g/mol. The highest BCUT2D eigenvalue weighted by Crippen LogP contribution is 2.30. The van der Waals surface area contributed by atoms with E-state index in [2.05, 4.69) is 11.9 Å². The summed E-state index contributed by atoms with van der Waals surface area (Å²) in [6.07, 6.45) is 3.04. The zero-order chi connectivity index (χ0) is 21.7. The highest BCUT2D eigenvalue weighted by Gasteiger charge is 2.36. The Morgan fingerprint density at radius 1 is 1.07 bits per heavy atom. The molecule has 0 unspecified atom stereocenters. The third kappa shape index (κ3) is 4.41. The molecule has 7 nitrogen and oxygen atoms in total. The Balaban J connectivity index is 1.97. The van der Waals surface area contributed by atoms with Gasteiger partial charge in [-0.15, -0.1) is 0 Å². The van der Waals surface area contributed by atoms with Crippen LogP contribution in [0.2, 0.25) is 0 Å². The van der Waals surface area contributed by atoms with E-state index in [4.69, 9.17) is 9.47 Å². The van der Waals surface area contributed by atoms with Gasteiger partial charge in [-0.25, -0.2) is 9.69 Å². The van der Waals surface area contributed by atoms with Gasteiger partial charge < -0.3 is 9.47 Å². The highest BCUT2D eigenvalue weighted by molar-refractivity contribution is 6.39. The number of nitrogens with zero attached hydrogens (tertiary/aromatic N) is 1. The minimum Gasteiger partial charge on any atom is -0.490 e. The van der Waals surface area contributed by atoms with Gasteiger partial charge in [0, 0.05) is 0 Å². The van der Waals surface area contributed by atoms with Gasteiger partial charge in [0.1, 0.15) is 12.2 Å². The van der Waals surface area contributed by atoms with E-state index >= 15 is 0 Å². The molecule has 0 aliphatic carbocycles. The lowest BCUT2D eigenvalue weighted by Gasteiger charge is -2.26. The minimum atomic E-state index is -0.782.